The van der Waals surface area contributed by atoms with Crippen molar-refractivity contribution in [1.82, 2.24) is 14.8 Å². The Hall–Kier alpha value is -1.62. The normalized spacial score (nSPS) is 15.2. The Morgan fingerprint density at radius 1 is 1.42 bits per heavy atom. The Labute approximate surface area is 113 Å². The molecule has 0 radical (unpaired) electrons. The summed E-state index contributed by atoms with van der Waals surface area (Å²) in [5.74, 6) is 0.346. The molecule has 1 aliphatic rings. The standard InChI is InChI=1S/C14H21N3O2/c1-11-5-6-13(18)12(15-11)9-16(2)10-14(19)17-7-3-4-8-17/h5-6,18H,3-4,7-10H2,1-2H3. The van der Waals surface area contributed by atoms with Crippen LogP contribution in [0.2, 0.25) is 0 Å². The van der Waals surface area contributed by atoms with Gasteiger partial charge >= 0.3 is 0 Å². The number of carbonyl (C=O) groups excluding carboxylic acids is 1. The van der Waals surface area contributed by atoms with Crippen molar-refractivity contribution in [2.45, 2.75) is 26.3 Å². The van der Waals surface area contributed by atoms with Gasteiger partial charge in [0, 0.05) is 25.3 Å². The molecular formula is C14H21N3O2. The molecule has 104 valence electrons. The van der Waals surface area contributed by atoms with Gasteiger partial charge in [0.1, 0.15) is 5.75 Å². The summed E-state index contributed by atoms with van der Waals surface area (Å²) in [6.45, 7) is 4.49. The minimum atomic E-state index is 0.159. The molecule has 0 bridgehead atoms. The van der Waals surface area contributed by atoms with Crippen LogP contribution in [-0.2, 0) is 11.3 Å². The average Bonchev–Trinajstić information content (AvgIpc) is 2.87. The number of aromatic hydroxyl groups is 1. The first-order chi connectivity index (χ1) is 9.06. The summed E-state index contributed by atoms with van der Waals surface area (Å²) in [5.41, 5.74) is 1.49. The topological polar surface area (TPSA) is 56.7 Å². The number of hydrogen-bond donors (Lipinski definition) is 1. The summed E-state index contributed by atoms with van der Waals surface area (Å²) >= 11 is 0. The van der Waals surface area contributed by atoms with E-state index in [2.05, 4.69) is 4.98 Å². The molecule has 0 unspecified atom stereocenters. The number of rotatable bonds is 4. The Bertz CT molecular complexity index is 456. The highest BCUT2D eigenvalue weighted by Crippen LogP contribution is 2.16. The van der Waals surface area contributed by atoms with Gasteiger partial charge in [0.2, 0.25) is 5.91 Å². The molecule has 1 aliphatic heterocycles. The number of amides is 1. The molecule has 0 aromatic carbocycles. The van der Waals surface area contributed by atoms with Crippen molar-refractivity contribution in [3.8, 4) is 5.75 Å². The van der Waals surface area contributed by atoms with Crippen molar-refractivity contribution in [3.05, 3.63) is 23.5 Å². The van der Waals surface area contributed by atoms with Gasteiger partial charge in [0.15, 0.2) is 0 Å². The molecule has 2 heterocycles. The van der Waals surface area contributed by atoms with Crippen LogP contribution in [0.25, 0.3) is 0 Å². The lowest BCUT2D eigenvalue weighted by Gasteiger charge is -2.21. The fraction of sp³-hybridized carbons (Fsp3) is 0.571. The number of carbonyl (C=O) groups is 1. The van der Waals surface area contributed by atoms with E-state index in [1.807, 2.05) is 23.8 Å². The van der Waals surface area contributed by atoms with Crippen LogP contribution in [0.3, 0.4) is 0 Å². The maximum absolute atomic E-state index is 12.0. The minimum Gasteiger partial charge on any atom is -0.506 e. The summed E-state index contributed by atoms with van der Waals surface area (Å²) in [7, 11) is 1.87. The second kappa shape index (κ2) is 6.02. The van der Waals surface area contributed by atoms with E-state index in [0.717, 1.165) is 31.6 Å². The number of pyridine rings is 1. The van der Waals surface area contributed by atoms with Crippen LogP contribution in [0.1, 0.15) is 24.2 Å². The number of hydrogen-bond acceptors (Lipinski definition) is 4. The Morgan fingerprint density at radius 2 is 2.11 bits per heavy atom. The van der Waals surface area contributed by atoms with Gasteiger partial charge in [-0.05, 0) is 38.9 Å². The van der Waals surface area contributed by atoms with Crippen molar-refractivity contribution in [2.75, 3.05) is 26.7 Å². The van der Waals surface area contributed by atoms with Crippen molar-refractivity contribution >= 4 is 5.91 Å². The Morgan fingerprint density at radius 3 is 2.79 bits per heavy atom. The van der Waals surface area contributed by atoms with E-state index in [9.17, 15) is 9.90 Å². The van der Waals surface area contributed by atoms with Gasteiger partial charge in [-0.2, -0.15) is 0 Å². The zero-order chi connectivity index (χ0) is 13.8. The lowest BCUT2D eigenvalue weighted by Crippen LogP contribution is -2.37. The van der Waals surface area contributed by atoms with Gasteiger partial charge in [0.05, 0.1) is 12.2 Å². The first-order valence-corrected chi connectivity index (χ1v) is 6.68. The van der Waals surface area contributed by atoms with Gasteiger partial charge in [-0.25, -0.2) is 0 Å². The molecule has 5 heteroatoms. The first-order valence-electron chi connectivity index (χ1n) is 6.68. The third-order valence-corrected chi connectivity index (χ3v) is 3.37. The quantitative estimate of drug-likeness (QED) is 0.885. The maximum Gasteiger partial charge on any atom is 0.236 e. The average molecular weight is 263 g/mol. The molecule has 0 saturated carbocycles. The number of aromatic nitrogens is 1. The summed E-state index contributed by atoms with van der Waals surface area (Å²) < 4.78 is 0. The predicted octanol–water partition coefficient (Wildman–Crippen LogP) is 1.15. The molecule has 1 aromatic rings. The fourth-order valence-corrected chi connectivity index (χ4v) is 2.33. The number of aryl methyl sites for hydroxylation is 1. The molecule has 1 N–H and O–H groups in total. The zero-order valence-electron chi connectivity index (χ0n) is 11.6. The zero-order valence-corrected chi connectivity index (χ0v) is 11.6. The highest BCUT2D eigenvalue weighted by atomic mass is 16.3. The second-order valence-corrected chi connectivity index (χ2v) is 5.18. The SMILES string of the molecule is Cc1ccc(O)c(CN(C)CC(=O)N2CCCC2)n1. The molecule has 19 heavy (non-hydrogen) atoms. The molecular weight excluding hydrogens is 242 g/mol. The van der Waals surface area contributed by atoms with Gasteiger partial charge in [0.25, 0.3) is 0 Å². The van der Waals surface area contributed by atoms with Crippen LogP contribution in [0.15, 0.2) is 12.1 Å². The summed E-state index contributed by atoms with van der Waals surface area (Å²) in [6, 6.07) is 3.42. The maximum atomic E-state index is 12.0. The molecule has 0 aliphatic carbocycles. The molecule has 5 nitrogen and oxygen atoms in total. The van der Waals surface area contributed by atoms with E-state index in [0.29, 0.717) is 18.8 Å². The first kappa shape index (κ1) is 13.8. The molecule has 1 fully saturated rings. The monoisotopic (exact) mass is 263 g/mol. The van der Waals surface area contributed by atoms with Gasteiger partial charge in [-0.15, -0.1) is 0 Å². The van der Waals surface area contributed by atoms with E-state index < -0.39 is 0 Å². The van der Waals surface area contributed by atoms with Crippen LogP contribution >= 0.6 is 0 Å². The lowest BCUT2D eigenvalue weighted by molar-refractivity contribution is -0.131. The van der Waals surface area contributed by atoms with Crippen molar-refractivity contribution in [3.63, 3.8) is 0 Å². The second-order valence-electron chi connectivity index (χ2n) is 5.18. The summed E-state index contributed by atoms with van der Waals surface area (Å²) in [6.07, 6.45) is 2.21. The minimum absolute atomic E-state index is 0.159. The van der Waals surface area contributed by atoms with E-state index in [1.54, 1.807) is 12.1 Å². The lowest BCUT2D eigenvalue weighted by atomic mass is 10.2. The molecule has 1 amide bonds. The highest BCUT2D eigenvalue weighted by molar-refractivity contribution is 5.78. The van der Waals surface area contributed by atoms with Crippen molar-refractivity contribution < 1.29 is 9.90 Å². The van der Waals surface area contributed by atoms with Crippen LogP contribution in [0.4, 0.5) is 0 Å². The Kier molecular flexibility index (Phi) is 4.37. The smallest absolute Gasteiger partial charge is 0.236 e. The fourth-order valence-electron chi connectivity index (χ4n) is 2.33. The van der Waals surface area contributed by atoms with Gasteiger partial charge in [-0.1, -0.05) is 0 Å². The van der Waals surface area contributed by atoms with Crippen LogP contribution in [0.5, 0.6) is 5.75 Å². The number of likely N-dealkylation sites (tertiary alicyclic amines) is 1. The van der Waals surface area contributed by atoms with Gasteiger partial charge < -0.3 is 10.0 Å². The van der Waals surface area contributed by atoms with E-state index in [4.69, 9.17) is 0 Å². The van der Waals surface area contributed by atoms with E-state index in [1.165, 1.54) is 0 Å². The summed E-state index contributed by atoms with van der Waals surface area (Å²) in [5, 5.41) is 9.74. The molecule has 0 atom stereocenters. The number of nitrogens with zero attached hydrogens (tertiary/aromatic N) is 3. The molecule has 0 spiro atoms. The van der Waals surface area contributed by atoms with Gasteiger partial charge in [-0.3, -0.25) is 14.7 Å². The molecule has 1 aromatic heterocycles. The van der Waals surface area contributed by atoms with Crippen LogP contribution in [0, 0.1) is 6.92 Å². The van der Waals surface area contributed by atoms with Crippen molar-refractivity contribution in [1.29, 1.82) is 0 Å². The largest absolute Gasteiger partial charge is 0.506 e. The highest BCUT2D eigenvalue weighted by Gasteiger charge is 2.19. The molecule has 2 rings (SSSR count). The Balaban J connectivity index is 1.91. The van der Waals surface area contributed by atoms with Crippen LogP contribution < -0.4 is 0 Å². The summed E-state index contributed by atoms with van der Waals surface area (Å²) in [4.78, 5) is 20.1. The third kappa shape index (κ3) is 3.67. The van der Waals surface area contributed by atoms with Crippen molar-refractivity contribution in [2.24, 2.45) is 0 Å². The van der Waals surface area contributed by atoms with Crippen LogP contribution in [-0.4, -0.2) is 52.5 Å². The third-order valence-electron chi connectivity index (χ3n) is 3.37. The molecule has 1 saturated heterocycles. The predicted molar refractivity (Wildman–Crippen MR) is 72.8 cm³/mol. The number of likely N-dealkylation sites (N-methyl/N-ethyl adjacent to an activating group) is 1. The van der Waals surface area contributed by atoms with E-state index >= 15 is 0 Å². The van der Waals surface area contributed by atoms with E-state index in [-0.39, 0.29) is 11.7 Å².